The Balaban J connectivity index is 0.00000341. The normalized spacial score (nSPS) is 18.4. The number of hydrogen-bond donors (Lipinski definition) is 2. The molecule has 2 N–H and O–H groups in total. The van der Waals surface area contributed by atoms with Gasteiger partial charge >= 0.3 is 0 Å². The van der Waals surface area contributed by atoms with Gasteiger partial charge in [0.25, 0.3) is 0 Å². The standard InChI is InChI=1S/C24H39N5O.HI/c1-3-26-24(29-15-11-20(12-16-29)17-23(30)25-2)27-18-21-7-9-22(10-8-21)19-28-13-5-4-6-14-28;/h7-10,20H,3-6,11-19H2,1-2H3,(H,25,30)(H,26,27);1H. The molecule has 3 rings (SSSR count). The van der Waals surface area contributed by atoms with Gasteiger partial charge in [-0.3, -0.25) is 9.69 Å². The number of nitrogens with one attached hydrogen (secondary N) is 2. The number of benzene rings is 1. The van der Waals surface area contributed by atoms with Crippen molar-refractivity contribution in [2.24, 2.45) is 10.9 Å². The van der Waals surface area contributed by atoms with E-state index in [9.17, 15) is 4.79 Å². The molecule has 1 amide bonds. The molecule has 0 atom stereocenters. The third-order valence-corrected chi connectivity index (χ3v) is 6.29. The summed E-state index contributed by atoms with van der Waals surface area (Å²) in [4.78, 5) is 21.4. The molecule has 0 aliphatic carbocycles. The summed E-state index contributed by atoms with van der Waals surface area (Å²) in [7, 11) is 1.72. The van der Waals surface area contributed by atoms with Crippen molar-refractivity contribution in [2.45, 2.75) is 58.5 Å². The number of amides is 1. The zero-order chi connectivity index (χ0) is 21.2. The lowest BCUT2D eigenvalue weighted by Gasteiger charge is -2.34. The van der Waals surface area contributed by atoms with Crippen LogP contribution < -0.4 is 10.6 Å². The molecule has 31 heavy (non-hydrogen) atoms. The SMILES string of the molecule is CCNC(=NCc1ccc(CN2CCCCC2)cc1)N1CCC(CC(=O)NC)CC1.I. The van der Waals surface area contributed by atoms with E-state index >= 15 is 0 Å². The van der Waals surface area contributed by atoms with E-state index in [-0.39, 0.29) is 29.9 Å². The van der Waals surface area contributed by atoms with Crippen LogP contribution in [0.25, 0.3) is 0 Å². The molecule has 0 bridgehead atoms. The molecule has 0 radical (unpaired) electrons. The summed E-state index contributed by atoms with van der Waals surface area (Å²) < 4.78 is 0. The molecule has 0 unspecified atom stereocenters. The molecule has 7 heteroatoms. The van der Waals surface area contributed by atoms with Gasteiger partial charge in [-0.2, -0.15) is 0 Å². The van der Waals surface area contributed by atoms with Crippen molar-refractivity contribution in [1.29, 1.82) is 0 Å². The van der Waals surface area contributed by atoms with Crippen LogP contribution in [0.1, 0.15) is 56.6 Å². The van der Waals surface area contributed by atoms with Crippen LogP contribution in [0.4, 0.5) is 0 Å². The summed E-state index contributed by atoms with van der Waals surface area (Å²) in [6.45, 7) is 9.14. The zero-order valence-corrected chi connectivity index (χ0v) is 21.6. The van der Waals surface area contributed by atoms with E-state index in [1.165, 1.54) is 43.5 Å². The van der Waals surface area contributed by atoms with Crippen molar-refractivity contribution in [3.8, 4) is 0 Å². The second kappa shape index (κ2) is 13.9. The number of nitrogens with zero attached hydrogens (tertiary/aromatic N) is 3. The number of guanidine groups is 1. The average Bonchev–Trinajstić information content (AvgIpc) is 2.79. The Morgan fingerprint density at radius 3 is 2.29 bits per heavy atom. The average molecular weight is 542 g/mol. The van der Waals surface area contributed by atoms with Gasteiger partial charge in [-0.1, -0.05) is 30.7 Å². The van der Waals surface area contributed by atoms with Gasteiger partial charge < -0.3 is 15.5 Å². The van der Waals surface area contributed by atoms with E-state index in [2.05, 4.69) is 51.6 Å². The van der Waals surface area contributed by atoms with E-state index in [4.69, 9.17) is 4.99 Å². The zero-order valence-electron chi connectivity index (χ0n) is 19.2. The van der Waals surface area contributed by atoms with E-state index in [0.29, 0.717) is 18.9 Å². The topological polar surface area (TPSA) is 60.0 Å². The maximum Gasteiger partial charge on any atom is 0.220 e. The predicted molar refractivity (Wildman–Crippen MR) is 139 cm³/mol. The van der Waals surface area contributed by atoms with Crippen LogP contribution >= 0.6 is 24.0 Å². The molecule has 2 saturated heterocycles. The first-order chi connectivity index (χ1) is 14.7. The summed E-state index contributed by atoms with van der Waals surface area (Å²) in [6, 6.07) is 8.97. The number of aliphatic imine (C=N–C) groups is 1. The second-order valence-corrected chi connectivity index (χ2v) is 8.63. The highest BCUT2D eigenvalue weighted by Gasteiger charge is 2.23. The van der Waals surface area contributed by atoms with Crippen molar-refractivity contribution in [1.82, 2.24) is 20.4 Å². The van der Waals surface area contributed by atoms with Gasteiger partial charge in [0.1, 0.15) is 0 Å². The first-order valence-corrected chi connectivity index (χ1v) is 11.7. The van der Waals surface area contributed by atoms with Gasteiger partial charge in [-0.15, -0.1) is 24.0 Å². The maximum atomic E-state index is 11.6. The van der Waals surface area contributed by atoms with Crippen LogP contribution in [0.3, 0.4) is 0 Å². The summed E-state index contributed by atoms with van der Waals surface area (Å²) in [5, 5.41) is 6.19. The first-order valence-electron chi connectivity index (χ1n) is 11.7. The maximum absolute atomic E-state index is 11.6. The highest BCUT2D eigenvalue weighted by atomic mass is 127. The van der Waals surface area contributed by atoms with Gasteiger partial charge in [0.2, 0.25) is 5.91 Å². The minimum Gasteiger partial charge on any atom is -0.359 e. The fourth-order valence-electron chi connectivity index (χ4n) is 4.43. The quantitative estimate of drug-likeness (QED) is 0.315. The van der Waals surface area contributed by atoms with Crippen molar-refractivity contribution in [3.05, 3.63) is 35.4 Å². The Kier molecular flexibility index (Phi) is 11.6. The Labute approximate surface area is 205 Å². The number of carbonyl (C=O) groups is 1. The summed E-state index contributed by atoms with van der Waals surface area (Å²) in [5.41, 5.74) is 2.65. The van der Waals surface area contributed by atoms with Crippen LogP contribution in [-0.4, -0.2) is 61.4 Å². The third-order valence-electron chi connectivity index (χ3n) is 6.29. The van der Waals surface area contributed by atoms with Crippen molar-refractivity contribution in [2.75, 3.05) is 39.8 Å². The van der Waals surface area contributed by atoms with Crippen molar-refractivity contribution in [3.63, 3.8) is 0 Å². The molecule has 6 nitrogen and oxygen atoms in total. The minimum absolute atomic E-state index is 0. The molecule has 0 saturated carbocycles. The fourth-order valence-corrected chi connectivity index (χ4v) is 4.43. The molecule has 0 spiro atoms. The van der Waals surface area contributed by atoms with Crippen LogP contribution in [0, 0.1) is 5.92 Å². The lowest BCUT2D eigenvalue weighted by atomic mass is 9.93. The Hall–Kier alpha value is -1.35. The number of carbonyl (C=O) groups excluding carboxylic acids is 1. The Morgan fingerprint density at radius 2 is 1.68 bits per heavy atom. The Morgan fingerprint density at radius 1 is 1.03 bits per heavy atom. The number of piperidine rings is 2. The predicted octanol–water partition coefficient (Wildman–Crippen LogP) is 3.60. The molecular weight excluding hydrogens is 501 g/mol. The van der Waals surface area contributed by atoms with E-state index in [1.807, 2.05) is 0 Å². The number of likely N-dealkylation sites (tertiary alicyclic amines) is 2. The van der Waals surface area contributed by atoms with E-state index in [0.717, 1.165) is 45.0 Å². The van der Waals surface area contributed by atoms with Gasteiger partial charge in [0.15, 0.2) is 5.96 Å². The van der Waals surface area contributed by atoms with Crippen molar-refractivity contribution < 1.29 is 4.79 Å². The molecular formula is C24H40IN5O. The van der Waals surface area contributed by atoms with Crippen molar-refractivity contribution >= 4 is 35.8 Å². The Bertz CT molecular complexity index is 680. The summed E-state index contributed by atoms with van der Waals surface area (Å²) in [5.74, 6) is 1.63. The van der Waals surface area contributed by atoms with Gasteiger partial charge in [0, 0.05) is 39.6 Å². The molecule has 174 valence electrons. The number of hydrogen-bond acceptors (Lipinski definition) is 3. The molecule has 2 heterocycles. The smallest absolute Gasteiger partial charge is 0.220 e. The van der Waals surface area contributed by atoms with Gasteiger partial charge in [-0.05, 0) is 62.7 Å². The third kappa shape index (κ3) is 8.60. The minimum atomic E-state index is 0. The monoisotopic (exact) mass is 541 g/mol. The number of rotatable bonds is 7. The van der Waals surface area contributed by atoms with Gasteiger partial charge in [0.05, 0.1) is 6.54 Å². The van der Waals surface area contributed by atoms with Crippen LogP contribution in [0.5, 0.6) is 0 Å². The highest BCUT2D eigenvalue weighted by Crippen LogP contribution is 2.21. The molecule has 0 aromatic heterocycles. The molecule has 2 fully saturated rings. The lowest BCUT2D eigenvalue weighted by Crippen LogP contribution is -2.46. The molecule has 2 aliphatic rings. The molecule has 1 aromatic rings. The number of halogens is 1. The first kappa shape index (κ1) is 25.9. The van der Waals surface area contributed by atoms with Crippen LogP contribution in [-0.2, 0) is 17.9 Å². The van der Waals surface area contributed by atoms with E-state index in [1.54, 1.807) is 7.05 Å². The largest absolute Gasteiger partial charge is 0.359 e. The summed E-state index contributed by atoms with van der Waals surface area (Å²) >= 11 is 0. The lowest BCUT2D eigenvalue weighted by molar-refractivity contribution is -0.121. The van der Waals surface area contributed by atoms with E-state index < -0.39 is 0 Å². The molecule has 2 aliphatic heterocycles. The fraction of sp³-hybridized carbons (Fsp3) is 0.667. The molecule has 1 aromatic carbocycles. The van der Waals surface area contributed by atoms with Crippen LogP contribution in [0.15, 0.2) is 29.3 Å². The highest BCUT2D eigenvalue weighted by molar-refractivity contribution is 14.0. The summed E-state index contributed by atoms with van der Waals surface area (Å²) in [6.07, 6.45) is 6.79. The van der Waals surface area contributed by atoms with Gasteiger partial charge in [-0.25, -0.2) is 4.99 Å². The second-order valence-electron chi connectivity index (χ2n) is 8.63. The van der Waals surface area contributed by atoms with Crippen LogP contribution in [0.2, 0.25) is 0 Å².